The first-order valence-corrected chi connectivity index (χ1v) is 12.6. The molecule has 0 fully saturated rings. The lowest BCUT2D eigenvalue weighted by Crippen LogP contribution is -2.31. The molecule has 0 spiro atoms. The molecule has 0 saturated heterocycles. The molecule has 0 saturated carbocycles. The van der Waals surface area contributed by atoms with Crippen molar-refractivity contribution >= 4 is 17.2 Å². The fraction of sp³-hybridized carbons (Fsp3) is 0.133. The summed E-state index contributed by atoms with van der Waals surface area (Å²) in [6.45, 7) is 3.57. The van der Waals surface area contributed by atoms with E-state index in [1.165, 1.54) is 4.40 Å². The molecule has 0 unspecified atom stereocenters. The number of rotatable bonds is 4. The minimum Gasteiger partial charge on any atom is -0.344 e. The van der Waals surface area contributed by atoms with Crippen molar-refractivity contribution in [2.24, 2.45) is 7.05 Å². The molecule has 6 rings (SSSR count). The zero-order chi connectivity index (χ0) is 27.8. The number of pyridine rings is 1. The van der Waals surface area contributed by atoms with E-state index in [-0.39, 0.29) is 11.5 Å². The van der Waals surface area contributed by atoms with Crippen molar-refractivity contribution in [3.63, 3.8) is 0 Å². The Morgan fingerprint density at radius 3 is 2.58 bits per heavy atom. The van der Waals surface area contributed by atoms with Gasteiger partial charge in [0.1, 0.15) is 22.6 Å². The van der Waals surface area contributed by atoms with Crippen molar-refractivity contribution in [3.05, 3.63) is 118 Å². The Labute approximate surface area is 229 Å². The molecule has 40 heavy (non-hydrogen) atoms. The monoisotopic (exact) mass is 528 g/mol. The van der Waals surface area contributed by atoms with E-state index in [4.69, 9.17) is 4.98 Å². The van der Waals surface area contributed by atoms with Crippen LogP contribution in [0.1, 0.15) is 46.1 Å². The molecule has 0 aliphatic carbocycles. The van der Waals surface area contributed by atoms with Gasteiger partial charge in [-0.05, 0) is 55.5 Å². The van der Waals surface area contributed by atoms with E-state index in [9.17, 15) is 9.59 Å². The minimum atomic E-state index is -0.610. The van der Waals surface area contributed by atoms with Crippen LogP contribution in [0.15, 0.2) is 84.0 Å². The third kappa shape index (κ3) is 4.39. The maximum absolute atomic E-state index is 14.1. The van der Waals surface area contributed by atoms with Crippen molar-refractivity contribution in [3.8, 4) is 23.0 Å². The molecule has 196 valence electrons. The van der Waals surface area contributed by atoms with Crippen molar-refractivity contribution in [1.82, 2.24) is 39.1 Å². The molecular weight excluding hydrogens is 504 g/mol. The van der Waals surface area contributed by atoms with Crippen molar-refractivity contribution in [2.75, 3.05) is 0 Å². The number of nitrogens with one attached hydrogen (secondary N) is 1. The van der Waals surface area contributed by atoms with E-state index in [0.717, 1.165) is 0 Å². The molecule has 0 radical (unpaired) electrons. The summed E-state index contributed by atoms with van der Waals surface area (Å²) in [7, 11) is 1.82. The molecule has 1 aromatic carbocycles. The van der Waals surface area contributed by atoms with E-state index in [1.54, 1.807) is 65.0 Å². The number of fused-ring (bicyclic) bond motifs is 2. The summed E-state index contributed by atoms with van der Waals surface area (Å²) in [5.41, 5.74) is 4.10. The first-order chi connectivity index (χ1) is 19.4. The van der Waals surface area contributed by atoms with E-state index in [2.05, 4.69) is 32.3 Å². The van der Waals surface area contributed by atoms with Gasteiger partial charge in [0.25, 0.3) is 11.5 Å². The maximum atomic E-state index is 14.1. The number of aryl methyl sites for hydroxylation is 2. The molecule has 0 aliphatic rings. The van der Waals surface area contributed by atoms with Crippen LogP contribution in [-0.2, 0) is 7.05 Å². The van der Waals surface area contributed by atoms with Crippen LogP contribution in [0.2, 0.25) is 0 Å². The molecule has 0 aliphatic heterocycles. The summed E-state index contributed by atoms with van der Waals surface area (Å²) in [6.07, 6.45) is 5.16. The highest BCUT2D eigenvalue weighted by Crippen LogP contribution is 2.25. The van der Waals surface area contributed by atoms with Gasteiger partial charge in [-0.15, -0.1) is 0 Å². The van der Waals surface area contributed by atoms with Crippen LogP contribution in [0.25, 0.3) is 22.4 Å². The Hall–Kier alpha value is -5.56. The number of hydrogen-bond acceptors (Lipinski definition) is 6. The number of hydrogen-bond donors (Lipinski definition) is 1. The molecular formula is C30H24N8O2. The second kappa shape index (κ2) is 9.96. The maximum Gasteiger partial charge on any atom is 0.267 e. The van der Waals surface area contributed by atoms with Crippen LogP contribution in [-0.4, -0.2) is 39.7 Å². The number of carbonyl (C=O) groups is 1. The van der Waals surface area contributed by atoms with E-state index in [0.29, 0.717) is 50.8 Å². The van der Waals surface area contributed by atoms with Gasteiger partial charge < -0.3 is 5.32 Å². The van der Waals surface area contributed by atoms with Gasteiger partial charge >= 0.3 is 0 Å². The smallest absolute Gasteiger partial charge is 0.267 e. The average Bonchev–Trinajstić information content (AvgIpc) is 3.53. The van der Waals surface area contributed by atoms with Crippen molar-refractivity contribution < 1.29 is 4.79 Å². The molecule has 1 N–H and O–H groups in total. The zero-order valence-corrected chi connectivity index (χ0v) is 22.0. The standard InChI is InChI=1S/C30H24N8O2/c1-19-25(28-31-16-8-17-37(28)34-19)29(39)32-20(2)27-26(21-9-5-4-6-10-21)30(40)38-23(11-7-12-24(38)33-27)14-13-22-15-18-36(3)35-22/h4-12,15-18,20H,1-3H3,(H,32,39)/t20-/m0/s1. The van der Waals surface area contributed by atoms with Crippen LogP contribution >= 0.6 is 0 Å². The third-order valence-electron chi connectivity index (χ3n) is 6.53. The van der Waals surface area contributed by atoms with Gasteiger partial charge in [-0.3, -0.25) is 18.7 Å². The van der Waals surface area contributed by atoms with Gasteiger partial charge in [0.2, 0.25) is 0 Å². The SMILES string of the molecule is Cc1nn2cccnc2c1C(=O)N[C@@H](C)c1nc2cccc(C#Cc3ccn(C)n3)n2c(=O)c1-c1ccccc1. The van der Waals surface area contributed by atoms with Gasteiger partial charge in [0, 0.05) is 25.6 Å². The van der Waals surface area contributed by atoms with Crippen LogP contribution in [0.3, 0.4) is 0 Å². The Kier molecular flexibility index (Phi) is 6.16. The van der Waals surface area contributed by atoms with Crippen molar-refractivity contribution in [1.29, 1.82) is 0 Å². The normalized spacial score (nSPS) is 11.8. The summed E-state index contributed by atoms with van der Waals surface area (Å²) < 4.78 is 4.73. The Morgan fingerprint density at radius 1 is 0.975 bits per heavy atom. The molecule has 1 amide bonds. The zero-order valence-electron chi connectivity index (χ0n) is 22.0. The first kappa shape index (κ1) is 24.8. The van der Waals surface area contributed by atoms with Crippen LogP contribution in [0, 0.1) is 18.8 Å². The quantitative estimate of drug-likeness (QED) is 0.352. The summed E-state index contributed by atoms with van der Waals surface area (Å²) >= 11 is 0. The second-order valence-corrected chi connectivity index (χ2v) is 9.32. The van der Waals surface area contributed by atoms with Gasteiger partial charge in [0.15, 0.2) is 5.65 Å². The molecule has 0 bridgehead atoms. The number of amides is 1. The first-order valence-electron chi connectivity index (χ1n) is 12.6. The van der Waals surface area contributed by atoms with Crippen LogP contribution in [0.5, 0.6) is 0 Å². The number of aromatic nitrogens is 7. The lowest BCUT2D eigenvalue weighted by molar-refractivity contribution is 0.0940. The summed E-state index contributed by atoms with van der Waals surface area (Å²) in [4.78, 5) is 36.8. The highest BCUT2D eigenvalue weighted by Gasteiger charge is 2.25. The van der Waals surface area contributed by atoms with Gasteiger partial charge in [0.05, 0.1) is 23.0 Å². The number of carbonyl (C=O) groups excluding carboxylic acids is 1. The summed E-state index contributed by atoms with van der Waals surface area (Å²) in [6, 6.07) is 17.6. The second-order valence-electron chi connectivity index (χ2n) is 9.32. The highest BCUT2D eigenvalue weighted by molar-refractivity contribution is 6.01. The lowest BCUT2D eigenvalue weighted by Gasteiger charge is -2.18. The summed E-state index contributed by atoms with van der Waals surface area (Å²) in [5.74, 6) is 5.74. The fourth-order valence-corrected chi connectivity index (χ4v) is 4.70. The van der Waals surface area contributed by atoms with Gasteiger partial charge in [-0.25, -0.2) is 14.5 Å². The van der Waals surface area contributed by atoms with Crippen LogP contribution in [0.4, 0.5) is 0 Å². The largest absolute Gasteiger partial charge is 0.344 e. The molecule has 10 nitrogen and oxygen atoms in total. The predicted molar refractivity (Wildman–Crippen MR) is 150 cm³/mol. The average molecular weight is 529 g/mol. The topological polar surface area (TPSA) is 111 Å². The molecule has 6 aromatic rings. The van der Waals surface area contributed by atoms with E-state index >= 15 is 0 Å². The predicted octanol–water partition coefficient (Wildman–Crippen LogP) is 3.34. The Bertz CT molecular complexity index is 2030. The highest BCUT2D eigenvalue weighted by atomic mass is 16.2. The van der Waals surface area contributed by atoms with Crippen molar-refractivity contribution in [2.45, 2.75) is 19.9 Å². The third-order valence-corrected chi connectivity index (χ3v) is 6.53. The Balaban J connectivity index is 1.48. The van der Waals surface area contributed by atoms with Crippen LogP contribution < -0.4 is 10.9 Å². The summed E-state index contributed by atoms with van der Waals surface area (Å²) in [5, 5.41) is 11.7. The molecule has 5 aromatic heterocycles. The van der Waals surface area contributed by atoms with Gasteiger partial charge in [-0.1, -0.05) is 36.4 Å². The van der Waals surface area contributed by atoms with E-state index in [1.807, 2.05) is 44.3 Å². The number of benzene rings is 1. The Morgan fingerprint density at radius 2 is 1.80 bits per heavy atom. The molecule has 10 heteroatoms. The minimum absolute atomic E-state index is 0.285. The van der Waals surface area contributed by atoms with Gasteiger partial charge in [-0.2, -0.15) is 10.2 Å². The molecule has 1 atom stereocenters. The fourth-order valence-electron chi connectivity index (χ4n) is 4.70. The van der Waals surface area contributed by atoms with E-state index < -0.39 is 6.04 Å². The lowest BCUT2D eigenvalue weighted by atomic mass is 10.0. The number of nitrogens with zero attached hydrogens (tertiary/aromatic N) is 7. The molecule has 5 heterocycles.